The number of benzene rings is 2. The van der Waals surface area contributed by atoms with Crippen molar-refractivity contribution in [2.24, 2.45) is 0 Å². The molecule has 0 aliphatic rings. The molecule has 0 spiro atoms. The molecule has 0 saturated heterocycles. The lowest BCUT2D eigenvalue weighted by Crippen LogP contribution is -2.30. The van der Waals surface area contributed by atoms with Crippen LogP contribution in [0.2, 0.25) is 0 Å². The molecule has 1 atom stereocenters. The van der Waals surface area contributed by atoms with Crippen molar-refractivity contribution in [1.82, 2.24) is 10.3 Å². The van der Waals surface area contributed by atoms with Crippen LogP contribution in [0.4, 0.5) is 4.39 Å². The molecule has 1 aromatic heterocycles. The summed E-state index contributed by atoms with van der Waals surface area (Å²) in [7, 11) is 0. The molecule has 120 valence electrons. The van der Waals surface area contributed by atoms with Crippen molar-refractivity contribution in [3.63, 3.8) is 0 Å². The van der Waals surface area contributed by atoms with Crippen molar-refractivity contribution in [2.45, 2.75) is 13.0 Å². The Balaban J connectivity index is 1.95. The Morgan fingerprint density at radius 3 is 2.42 bits per heavy atom. The van der Waals surface area contributed by atoms with E-state index in [0.29, 0.717) is 0 Å². The molecule has 24 heavy (non-hydrogen) atoms. The molecule has 1 unspecified atom stereocenters. The average molecular weight is 320 g/mol. The second kappa shape index (κ2) is 7.04. The molecule has 3 aromatic rings. The maximum atomic E-state index is 13.9. The van der Waals surface area contributed by atoms with E-state index in [2.05, 4.69) is 10.3 Å². The molecule has 3 rings (SSSR count). The van der Waals surface area contributed by atoms with Gasteiger partial charge in [0.25, 0.3) is 5.91 Å². The first-order valence-electron chi connectivity index (χ1n) is 7.67. The van der Waals surface area contributed by atoms with Gasteiger partial charge in [0.05, 0.1) is 11.6 Å². The van der Waals surface area contributed by atoms with Gasteiger partial charge in [0, 0.05) is 12.4 Å². The highest BCUT2D eigenvalue weighted by Crippen LogP contribution is 2.22. The predicted octanol–water partition coefficient (Wildman–Crippen LogP) is 4.05. The van der Waals surface area contributed by atoms with Gasteiger partial charge in [-0.1, -0.05) is 48.0 Å². The fourth-order valence-electron chi connectivity index (χ4n) is 2.52. The van der Waals surface area contributed by atoms with Crippen molar-refractivity contribution in [3.05, 3.63) is 101 Å². The summed E-state index contributed by atoms with van der Waals surface area (Å²) in [5, 5.41) is 2.91. The number of aromatic nitrogens is 1. The minimum atomic E-state index is -0.538. The van der Waals surface area contributed by atoms with Crippen LogP contribution in [0.5, 0.6) is 0 Å². The summed E-state index contributed by atoms with van der Waals surface area (Å²) in [5.74, 6) is -0.994. The summed E-state index contributed by atoms with van der Waals surface area (Å²) < 4.78 is 13.9. The van der Waals surface area contributed by atoms with E-state index in [-0.39, 0.29) is 5.56 Å². The Bertz CT molecular complexity index is 832. The second-order valence-electron chi connectivity index (χ2n) is 5.58. The summed E-state index contributed by atoms with van der Waals surface area (Å²) in [6.45, 7) is 2.00. The fourth-order valence-corrected chi connectivity index (χ4v) is 2.52. The van der Waals surface area contributed by atoms with E-state index in [1.54, 1.807) is 24.5 Å². The zero-order valence-electron chi connectivity index (χ0n) is 13.2. The Labute approximate surface area is 140 Å². The summed E-state index contributed by atoms with van der Waals surface area (Å²) in [6, 6.07) is 17.1. The molecular formula is C20H17FN2O. The van der Waals surface area contributed by atoms with Gasteiger partial charge in [-0.3, -0.25) is 9.78 Å². The largest absolute Gasteiger partial charge is 0.341 e. The maximum absolute atomic E-state index is 13.9. The molecule has 0 fully saturated rings. The summed E-state index contributed by atoms with van der Waals surface area (Å²) in [4.78, 5) is 16.6. The first-order valence-corrected chi connectivity index (χ1v) is 7.67. The van der Waals surface area contributed by atoms with Crippen LogP contribution < -0.4 is 5.32 Å². The minimum absolute atomic E-state index is 0.0264. The van der Waals surface area contributed by atoms with E-state index in [1.807, 2.05) is 43.3 Å². The van der Waals surface area contributed by atoms with Crippen molar-refractivity contribution in [3.8, 4) is 0 Å². The van der Waals surface area contributed by atoms with Crippen molar-refractivity contribution >= 4 is 5.91 Å². The van der Waals surface area contributed by atoms with Crippen molar-refractivity contribution < 1.29 is 9.18 Å². The molecular weight excluding hydrogens is 303 g/mol. The van der Waals surface area contributed by atoms with E-state index < -0.39 is 17.8 Å². The molecule has 3 nitrogen and oxygen atoms in total. The lowest BCUT2D eigenvalue weighted by Gasteiger charge is -2.20. The van der Waals surface area contributed by atoms with Gasteiger partial charge in [-0.25, -0.2) is 4.39 Å². The lowest BCUT2D eigenvalue weighted by atomic mass is 9.98. The summed E-state index contributed by atoms with van der Waals surface area (Å²) in [5.41, 5.74) is 2.91. The molecule has 0 saturated carbocycles. The number of aryl methyl sites for hydroxylation is 1. The van der Waals surface area contributed by atoms with Crippen LogP contribution in [0.1, 0.15) is 33.1 Å². The van der Waals surface area contributed by atoms with E-state index in [9.17, 15) is 9.18 Å². The molecule has 1 amide bonds. The first kappa shape index (κ1) is 15.9. The average Bonchev–Trinajstić information content (AvgIpc) is 2.61. The topological polar surface area (TPSA) is 42.0 Å². The maximum Gasteiger partial charge on any atom is 0.255 e. The third-order valence-electron chi connectivity index (χ3n) is 3.82. The van der Waals surface area contributed by atoms with Gasteiger partial charge in [-0.2, -0.15) is 0 Å². The van der Waals surface area contributed by atoms with Crippen LogP contribution in [0, 0.1) is 12.7 Å². The molecule has 0 bridgehead atoms. The zero-order valence-corrected chi connectivity index (χ0v) is 13.2. The Kier molecular flexibility index (Phi) is 4.66. The molecule has 0 radical (unpaired) electrons. The van der Waals surface area contributed by atoms with Gasteiger partial charge in [0.2, 0.25) is 0 Å². The summed E-state index contributed by atoms with van der Waals surface area (Å²) in [6.07, 6.45) is 3.38. The van der Waals surface area contributed by atoms with E-state index in [0.717, 1.165) is 16.7 Å². The van der Waals surface area contributed by atoms with Gasteiger partial charge in [-0.05, 0) is 36.2 Å². The van der Waals surface area contributed by atoms with Gasteiger partial charge in [0.15, 0.2) is 0 Å². The highest BCUT2D eigenvalue weighted by atomic mass is 19.1. The predicted molar refractivity (Wildman–Crippen MR) is 91.1 cm³/mol. The third kappa shape index (κ3) is 3.49. The Morgan fingerprint density at radius 2 is 1.75 bits per heavy atom. The highest BCUT2D eigenvalue weighted by Gasteiger charge is 2.19. The van der Waals surface area contributed by atoms with Crippen LogP contribution in [0.25, 0.3) is 0 Å². The van der Waals surface area contributed by atoms with Crippen LogP contribution >= 0.6 is 0 Å². The second-order valence-corrected chi connectivity index (χ2v) is 5.58. The standard InChI is InChI=1S/C20H17FN2O/c1-14-8-10-15(11-9-14)19(16-5-4-12-22-13-16)23-20(24)17-6-2-3-7-18(17)21/h2-13,19H,1H3,(H,23,24). The minimum Gasteiger partial charge on any atom is -0.341 e. The number of amides is 1. The molecule has 0 aliphatic heterocycles. The lowest BCUT2D eigenvalue weighted by molar-refractivity contribution is 0.0939. The zero-order chi connectivity index (χ0) is 16.9. The third-order valence-corrected chi connectivity index (χ3v) is 3.82. The summed E-state index contributed by atoms with van der Waals surface area (Å²) >= 11 is 0. The number of nitrogens with one attached hydrogen (secondary N) is 1. The number of halogens is 1. The molecule has 1 N–H and O–H groups in total. The quantitative estimate of drug-likeness (QED) is 0.788. The number of carbonyl (C=O) groups is 1. The molecule has 0 aliphatic carbocycles. The number of pyridine rings is 1. The van der Waals surface area contributed by atoms with Gasteiger partial charge in [0.1, 0.15) is 5.82 Å². The van der Waals surface area contributed by atoms with Crippen LogP contribution in [-0.2, 0) is 0 Å². The van der Waals surface area contributed by atoms with Crippen molar-refractivity contribution in [1.29, 1.82) is 0 Å². The van der Waals surface area contributed by atoms with Gasteiger partial charge in [-0.15, -0.1) is 0 Å². The highest BCUT2D eigenvalue weighted by molar-refractivity contribution is 5.94. The monoisotopic (exact) mass is 320 g/mol. The van der Waals surface area contributed by atoms with Gasteiger partial charge < -0.3 is 5.32 Å². The number of hydrogen-bond acceptors (Lipinski definition) is 2. The van der Waals surface area contributed by atoms with Crippen LogP contribution in [-0.4, -0.2) is 10.9 Å². The van der Waals surface area contributed by atoms with Gasteiger partial charge >= 0.3 is 0 Å². The number of carbonyl (C=O) groups excluding carboxylic acids is 1. The number of rotatable bonds is 4. The number of nitrogens with zero attached hydrogens (tertiary/aromatic N) is 1. The Morgan fingerprint density at radius 1 is 1.00 bits per heavy atom. The molecule has 4 heteroatoms. The smallest absolute Gasteiger partial charge is 0.255 e. The number of hydrogen-bond donors (Lipinski definition) is 1. The molecule has 1 heterocycles. The molecule has 2 aromatic carbocycles. The fraction of sp³-hybridized carbons (Fsp3) is 0.100. The van der Waals surface area contributed by atoms with E-state index >= 15 is 0 Å². The SMILES string of the molecule is Cc1ccc(C(NC(=O)c2ccccc2F)c2cccnc2)cc1. The first-order chi connectivity index (χ1) is 11.6. The van der Waals surface area contributed by atoms with Crippen LogP contribution in [0.3, 0.4) is 0 Å². The van der Waals surface area contributed by atoms with Crippen molar-refractivity contribution in [2.75, 3.05) is 0 Å². The van der Waals surface area contributed by atoms with E-state index in [4.69, 9.17) is 0 Å². The van der Waals surface area contributed by atoms with Crippen LogP contribution in [0.15, 0.2) is 73.1 Å². The normalized spacial score (nSPS) is 11.8. The van der Waals surface area contributed by atoms with E-state index in [1.165, 1.54) is 12.1 Å². The Hall–Kier alpha value is -3.01.